The summed E-state index contributed by atoms with van der Waals surface area (Å²) in [6.45, 7) is 0.825. The van der Waals surface area contributed by atoms with Crippen LogP contribution in [-0.2, 0) is 16.0 Å². The van der Waals surface area contributed by atoms with Gasteiger partial charge in [-0.15, -0.1) is 0 Å². The molecule has 0 bridgehead atoms. The lowest BCUT2D eigenvalue weighted by molar-refractivity contribution is -0.145. The Morgan fingerprint density at radius 3 is 2.54 bits per heavy atom. The Morgan fingerprint density at radius 1 is 1.14 bits per heavy atom. The number of phenolic OH excluding ortho intramolecular Hbond substituents is 1. The predicted molar refractivity (Wildman–Crippen MR) is 133 cm³/mol. The van der Waals surface area contributed by atoms with E-state index in [4.69, 9.17) is 11.5 Å². The molecule has 0 aliphatic heterocycles. The standard InChI is InChI=1S/C27H27N3O7/c28-20-16-7-13-6-12-5-11-3-4-14(30-9-10-1-2-10)8-15(11)21(31)17(12)22(32)18(13)24(34)27(16,37)25(35)19(23(20)33)26(29)36/h3-5,8,10,13,16,20,30-31,33-34,37H,1-2,6-7,9,28H2,(H2,29,36)/t13-,16-,20-,27-/m0/s1. The second-order valence-corrected chi connectivity index (χ2v) is 10.6. The number of benzene rings is 2. The van der Waals surface area contributed by atoms with Crippen LogP contribution >= 0.6 is 0 Å². The van der Waals surface area contributed by atoms with Gasteiger partial charge in [0.2, 0.25) is 5.78 Å². The van der Waals surface area contributed by atoms with E-state index in [1.165, 1.54) is 12.8 Å². The number of aliphatic hydroxyl groups is 3. The maximum atomic E-state index is 13.7. The maximum Gasteiger partial charge on any atom is 0.255 e. The highest BCUT2D eigenvalue weighted by Gasteiger charge is 2.62. The Balaban J connectivity index is 1.47. The molecule has 6 rings (SSSR count). The summed E-state index contributed by atoms with van der Waals surface area (Å²) in [4.78, 5) is 38.7. The Morgan fingerprint density at radius 2 is 1.86 bits per heavy atom. The number of Topliss-reactive ketones (excluding diaryl/α,β-unsaturated/α-hetero) is 2. The predicted octanol–water partition coefficient (Wildman–Crippen LogP) is 1.49. The number of fused-ring (bicyclic) bond motifs is 4. The van der Waals surface area contributed by atoms with Crippen LogP contribution in [0.1, 0.15) is 35.2 Å². The number of hydrogen-bond donors (Lipinski definition) is 7. The third-order valence-corrected chi connectivity index (χ3v) is 8.35. The number of ketones is 2. The van der Waals surface area contributed by atoms with Crippen molar-refractivity contribution in [1.29, 1.82) is 0 Å². The van der Waals surface area contributed by atoms with Crippen molar-refractivity contribution in [2.45, 2.75) is 37.3 Å². The first kappa shape index (κ1) is 23.5. The van der Waals surface area contributed by atoms with Gasteiger partial charge in [0.05, 0.1) is 11.6 Å². The monoisotopic (exact) mass is 505 g/mol. The van der Waals surface area contributed by atoms with Crippen LogP contribution in [0.5, 0.6) is 5.75 Å². The van der Waals surface area contributed by atoms with Gasteiger partial charge in [-0.1, -0.05) is 12.1 Å². The van der Waals surface area contributed by atoms with Crippen molar-refractivity contribution in [2.75, 3.05) is 11.9 Å². The molecule has 0 unspecified atom stereocenters. The number of rotatable bonds is 4. The van der Waals surface area contributed by atoms with Crippen molar-refractivity contribution in [3.05, 3.63) is 58.1 Å². The average Bonchev–Trinajstić information content (AvgIpc) is 3.68. The fourth-order valence-electron chi connectivity index (χ4n) is 6.17. The lowest BCUT2D eigenvalue weighted by atomic mass is 9.59. The summed E-state index contributed by atoms with van der Waals surface area (Å²) in [5.41, 5.74) is 8.87. The van der Waals surface area contributed by atoms with Gasteiger partial charge in [0.1, 0.15) is 22.8 Å². The second kappa shape index (κ2) is 7.80. The number of carbonyl (C=O) groups excluding carboxylic acids is 3. The van der Waals surface area contributed by atoms with Crippen LogP contribution in [0.4, 0.5) is 5.69 Å². The smallest absolute Gasteiger partial charge is 0.255 e. The zero-order chi connectivity index (χ0) is 26.4. The zero-order valence-electron chi connectivity index (χ0n) is 19.8. The van der Waals surface area contributed by atoms with Gasteiger partial charge in [0, 0.05) is 29.1 Å². The molecule has 0 saturated heterocycles. The Labute approximate surface area is 211 Å². The first-order chi connectivity index (χ1) is 17.5. The molecule has 1 fully saturated rings. The van der Waals surface area contributed by atoms with E-state index >= 15 is 0 Å². The molecule has 2 aromatic rings. The number of nitrogens with one attached hydrogen (secondary N) is 1. The molecule has 1 amide bonds. The topological polar surface area (TPSA) is 196 Å². The third-order valence-electron chi connectivity index (χ3n) is 8.35. The fourth-order valence-corrected chi connectivity index (χ4v) is 6.17. The summed E-state index contributed by atoms with van der Waals surface area (Å²) in [7, 11) is 0. The zero-order valence-corrected chi connectivity index (χ0v) is 19.8. The molecule has 10 heteroatoms. The minimum atomic E-state index is -2.71. The number of amides is 1. The highest BCUT2D eigenvalue weighted by Crippen LogP contribution is 2.51. The van der Waals surface area contributed by atoms with E-state index in [1.807, 2.05) is 18.2 Å². The van der Waals surface area contributed by atoms with E-state index in [9.17, 15) is 34.8 Å². The number of phenols is 1. The van der Waals surface area contributed by atoms with Gasteiger partial charge in [-0.05, 0) is 60.6 Å². The number of carbonyl (C=O) groups is 3. The van der Waals surface area contributed by atoms with Crippen LogP contribution in [0.3, 0.4) is 0 Å². The van der Waals surface area contributed by atoms with Gasteiger partial charge in [-0.2, -0.15) is 0 Å². The average molecular weight is 506 g/mol. The van der Waals surface area contributed by atoms with Crippen LogP contribution in [-0.4, -0.2) is 56.1 Å². The third kappa shape index (κ3) is 3.22. The summed E-state index contributed by atoms with van der Waals surface area (Å²) in [5.74, 6) is -6.43. The quantitative estimate of drug-likeness (QED) is 0.301. The Bertz CT molecular complexity index is 1490. The molecule has 9 N–H and O–H groups in total. The van der Waals surface area contributed by atoms with E-state index < -0.39 is 58.0 Å². The highest BCUT2D eigenvalue weighted by atomic mass is 16.3. The molecule has 0 heterocycles. The molecule has 1 saturated carbocycles. The number of anilines is 1. The molecular formula is C27H27N3O7. The van der Waals surface area contributed by atoms with Crippen molar-refractivity contribution >= 4 is 33.9 Å². The molecule has 192 valence electrons. The van der Waals surface area contributed by atoms with Crippen molar-refractivity contribution < 1.29 is 34.8 Å². The van der Waals surface area contributed by atoms with Crippen molar-refractivity contribution in [2.24, 2.45) is 29.2 Å². The molecular weight excluding hydrogens is 478 g/mol. The van der Waals surface area contributed by atoms with Crippen molar-refractivity contribution in [3.63, 3.8) is 0 Å². The number of nitrogens with two attached hydrogens (primary N) is 2. The van der Waals surface area contributed by atoms with Gasteiger partial charge in [0.25, 0.3) is 5.91 Å². The lowest BCUT2D eigenvalue weighted by Crippen LogP contribution is -2.63. The SMILES string of the molecule is NC(=O)C1=C(O)[C@@H](N)[C@@H]2C[C@@H]3Cc4cc5ccc(NCC6CC6)cc5c(O)c4C(=O)C3=C(O)[C@]2(O)C1=O. The first-order valence-corrected chi connectivity index (χ1v) is 12.3. The van der Waals surface area contributed by atoms with Crippen LogP contribution in [0, 0.1) is 17.8 Å². The molecule has 4 aliphatic carbocycles. The van der Waals surface area contributed by atoms with Crippen LogP contribution in [0.25, 0.3) is 10.8 Å². The molecule has 0 radical (unpaired) electrons. The molecule has 4 atom stereocenters. The number of aromatic hydroxyl groups is 1. The van der Waals surface area contributed by atoms with Crippen molar-refractivity contribution in [1.82, 2.24) is 0 Å². The fraction of sp³-hybridized carbons (Fsp3) is 0.370. The number of hydrogen-bond acceptors (Lipinski definition) is 9. The van der Waals surface area contributed by atoms with E-state index in [0.29, 0.717) is 16.9 Å². The van der Waals surface area contributed by atoms with Gasteiger partial charge in [0.15, 0.2) is 11.4 Å². The van der Waals surface area contributed by atoms with Crippen LogP contribution in [0.2, 0.25) is 0 Å². The lowest BCUT2D eigenvalue weighted by Gasteiger charge is -2.47. The van der Waals surface area contributed by atoms with Crippen LogP contribution in [0.15, 0.2) is 46.9 Å². The molecule has 37 heavy (non-hydrogen) atoms. The summed E-state index contributed by atoms with van der Waals surface area (Å²) < 4.78 is 0. The van der Waals surface area contributed by atoms with E-state index in [1.54, 1.807) is 6.07 Å². The molecule has 0 aromatic heterocycles. The summed E-state index contributed by atoms with van der Waals surface area (Å²) in [6, 6.07) is 5.99. The molecule has 0 spiro atoms. The summed E-state index contributed by atoms with van der Waals surface area (Å²) in [6.07, 6.45) is 2.58. The van der Waals surface area contributed by atoms with E-state index in [-0.39, 0.29) is 29.7 Å². The second-order valence-electron chi connectivity index (χ2n) is 10.6. The molecule has 10 nitrogen and oxygen atoms in total. The number of allylic oxidation sites excluding steroid dienone is 1. The Kier molecular flexibility index (Phi) is 4.96. The Hall–Kier alpha value is -3.89. The molecule has 4 aliphatic rings. The van der Waals surface area contributed by atoms with Crippen molar-refractivity contribution in [3.8, 4) is 5.75 Å². The highest BCUT2D eigenvalue weighted by molar-refractivity contribution is 6.25. The van der Waals surface area contributed by atoms with Crippen LogP contribution < -0.4 is 16.8 Å². The minimum Gasteiger partial charge on any atom is -0.510 e. The largest absolute Gasteiger partial charge is 0.510 e. The van der Waals surface area contributed by atoms with Gasteiger partial charge in [-0.3, -0.25) is 14.4 Å². The minimum absolute atomic E-state index is 0.00670. The normalized spacial score (nSPS) is 29.2. The summed E-state index contributed by atoms with van der Waals surface area (Å²) >= 11 is 0. The van der Waals surface area contributed by atoms with Gasteiger partial charge < -0.3 is 37.2 Å². The van der Waals surface area contributed by atoms with Gasteiger partial charge >= 0.3 is 0 Å². The number of primary amides is 1. The van der Waals surface area contributed by atoms with Gasteiger partial charge in [-0.25, -0.2) is 0 Å². The molecule has 2 aromatic carbocycles. The van der Waals surface area contributed by atoms with E-state index in [0.717, 1.165) is 17.6 Å². The first-order valence-electron chi connectivity index (χ1n) is 12.3. The number of aliphatic hydroxyl groups excluding tert-OH is 2. The summed E-state index contributed by atoms with van der Waals surface area (Å²) in [5, 5.41) is 48.7. The van der Waals surface area contributed by atoms with E-state index in [2.05, 4.69) is 5.32 Å². The maximum absolute atomic E-state index is 13.7.